The SMILES string of the molecule is CCOC(=O)[C@H]1[C@H]2C(=O)O[C@@H]3CCCC(=C[C@@H]1[Si](C)(C)C)[C@H]23. The van der Waals surface area contributed by atoms with Crippen LogP contribution >= 0.6 is 0 Å². The minimum atomic E-state index is -1.64. The molecule has 22 heavy (non-hydrogen) atoms. The van der Waals surface area contributed by atoms with Crippen molar-refractivity contribution < 1.29 is 19.1 Å². The van der Waals surface area contributed by atoms with E-state index in [1.807, 2.05) is 6.92 Å². The fourth-order valence-corrected chi connectivity index (χ4v) is 6.64. The highest BCUT2D eigenvalue weighted by Crippen LogP contribution is 2.54. The average molecular weight is 322 g/mol. The minimum Gasteiger partial charge on any atom is -0.466 e. The largest absolute Gasteiger partial charge is 0.466 e. The van der Waals surface area contributed by atoms with Crippen molar-refractivity contribution in [3.05, 3.63) is 11.6 Å². The van der Waals surface area contributed by atoms with E-state index in [4.69, 9.17) is 9.47 Å². The predicted octanol–water partition coefficient (Wildman–Crippen LogP) is 3.16. The third kappa shape index (κ3) is 2.43. The van der Waals surface area contributed by atoms with Gasteiger partial charge < -0.3 is 9.47 Å². The van der Waals surface area contributed by atoms with E-state index in [0.717, 1.165) is 19.3 Å². The Labute approximate surface area is 133 Å². The third-order valence-corrected chi connectivity index (χ3v) is 7.96. The van der Waals surface area contributed by atoms with Crippen molar-refractivity contribution >= 4 is 20.0 Å². The number of rotatable bonds is 3. The van der Waals surface area contributed by atoms with Gasteiger partial charge in [-0.15, -0.1) is 0 Å². The van der Waals surface area contributed by atoms with Gasteiger partial charge in [0.2, 0.25) is 0 Å². The van der Waals surface area contributed by atoms with Crippen LogP contribution in [-0.4, -0.2) is 32.7 Å². The van der Waals surface area contributed by atoms with E-state index < -0.39 is 8.07 Å². The molecule has 4 nitrogen and oxygen atoms in total. The summed E-state index contributed by atoms with van der Waals surface area (Å²) in [6.07, 6.45) is 5.36. The lowest BCUT2D eigenvalue weighted by molar-refractivity contribution is -0.156. The second-order valence-corrected chi connectivity index (χ2v) is 13.2. The summed E-state index contributed by atoms with van der Waals surface area (Å²) in [6, 6.07) is 0. The Hall–Kier alpha value is -1.10. The van der Waals surface area contributed by atoms with E-state index in [1.165, 1.54) is 5.57 Å². The van der Waals surface area contributed by atoms with Gasteiger partial charge in [-0.05, 0) is 31.7 Å². The van der Waals surface area contributed by atoms with Crippen molar-refractivity contribution in [2.45, 2.75) is 57.5 Å². The Kier molecular flexibility index (Phi) is 3.95. The number of esters is 2. The molecule has 3 aliphatic rings. The highest BCUT2D eigenvalue weighted by molar-refractivity contribution is 6.78. The smallest absolute Gasteiger partial charge is 0.310 e. The molecule has 2 aliphatic carbocycles. The van der Waals surface area contributed by atoms with Gasteiger partial charge in [0, 0.05) is 5.92 Å². The van der Waals surface area contributed by atoms with E-state index in [2.05, 4.69) is 25.7 Å². The van der Waals surface area contributed by atoms with Crippen LogP contribution in [0.5, 0.6) is 0 Å². The monoisotopic (exact) mass is 322 g/mol. The standard InChI is InChI=1S/C17H26O4Si/c1-5-20-16(18)14-12(22(2,3)4)9-10-7-6-8-11-13(10)15(14)17(19)21-11/h9,11-15H,5-8H2,1-4H3/t11-,12+,13+,14-,15+/m1/s1. The van der Waals surface area contributed by atoms with Crippen molar-refractivity contribution in [1.29, 1.82) is 0 Å². The molecule has 3 rings (SSSR count). The second kappa shape index (κ2) is 5.51. The van der Waals surface area contributed by atoms with Crippen molar-refractivity contribution in [3.63, 3.8) is 0 Å². The molecule has 5 heteroatoms. The Morgan fingerprint density at radius 1 is 1.36 bits per heavy atom. The summed E-state index contributed by atoms with van der Waals surface area (Å²) < 4.78 is 11.0. The van der Waals surface area contributed by atoms with Crippen LogP contribution in [0, 0.1) is 17.8 Å². The first-order valence-electron chi connectivity index (χ1n) is 8.42. The van der Waals surface area contributed by atoms with Gasteiger partial charge in [-0.3, -0.25) is 9.59 Å². The topological polar surface area (TPSA) is 52.6 Å². The van der Waals surface area contributed by atoms with Crippen molar-refractivity contribution in [1.82, 2.24) is 0 Å². The average Bonchev–Trinajstić information content (AvgIpc) is 2.77. The molecular formula is C17H26O4Si. The first-order valence-corrected chi connectivity index (χ1v) is 12.0. The molecule has 0 spiro atoms. The zero-order valence-corrected chi connectivity index (χ0v) is 14.9. The van der Waals surface area contributed by atoms with E-state index >= 15 is 0 Å². The quantitative estimate of drug-likeness (QED) is 0.455. The summed E-state index contributed by atoms with van der Waals surface area (Å²) in [7, 11) is -1.64. The molecule has 1 aliphatic heterocycles. The van der Waals surface area contributed by atoms with E-state index in [9.17, 15) is 9.59 Å². The van der Waals surface area contributed by atoms with Crippen LogP contribution in [-0.2, 0) is 19.1 Å². The van der Waals surface area contributed by atoms with Gasteiger partial charge in [0.1, 0.15) is 6.10 Å². The number of ether oxygens (including phenoxy) is 2. The van der Waals surface area contributed by atoms with E-state index in [0.29, 0.717) is 6.61 Å². The fraction of sp³-hybridized carbons (Fsp3) is 0.765. The summed E-state index contributed by atoms with van der Waals surface area (Å²) in [5, 5.41) is 0. The Balaban J connectivity index is 2.06. The molecule has 1 heterocycles. The number of allylic oxidation sites excluding steroid dienone is 1. The molecule has 0 aromatic rings. The molecule has 2 fully saturated rings. The number of hydrogen-bond donors (Lipinski definition) is 0. The fourth-order valence-electron chi connectivity index (χ4n) is 4.50. The number of hydrogen-bond acceptors (Lipinski definition) is 4. The van der Waals surface area contributed by atoms with Crippen LogP contribution in [0.4, 0.5) is 0 Å². The molecule has 0 bridgehead atoms. The van der Waals surface area contributed by atoms with Gasteiger partial charge in [0.15, 0.2) is 0 Å². The summed E-state index contributed by atoms with van der Waals surface area (Å²) in [4.78, 5) is 25.1. The van der Waals surface area contributed by atoms with E-state index in [-0.39, 0.29) is 41.3 Å². The molecule has 0 N–H and O–H groups in total. The molecule has 1 saturated heterocycles. The predicted molar refractivity (Wildman–Crippen MR) is 86.0 cm³/mol. The van der Waals surface area contributed by atoms with Gasteiger partial charge >= 0.3 is 11.9 Å². The zero-order chi connectivity index (χ0) is 16.1. The number of carbonyl (C=O) groups is 2. The van der Waals surface area contributed by atoms with Gasteiger partial charge in [0.05, 0.1) is 26.5 Å². The van der Waals surface area contributed by atoms with Crippen LogP contribution in [0.25, 0.3) is 0 Å². The maximum atomic E-state index is 12.6. The van der Waals surface area contributed by atoms with Crippen LogP contribution < -0.4 is 0 Å². The second-order valence-electron chi connectivity index (χ2n) is 7.83. The molecule has 1 saturated carbocycles. The Bertz CT molecular complexity index is 519. The lowest BCUT2D eigenvalue weighted by Crippen LogP contribution is -2.47. The molecule has 0 amide bonds. The summed E-state index contributed by atoms with van der Waals surface area (Å²) >= 11 is 0. The van der Waals surface area contributed by atoms with Crippen LogP contribution in [0.1, 0.15) is 26.2 Å². The maximum Gasteiger partial charge on any atom is 0.310 e. The highest BCUT2D eigenvalue weighted by Gasteiger charge is 2.58. The van der Waals surface area contributed by atoms with Gasteiger partial charge in [-0.25, -0.2) is 0 Å². The molecule has 0 radical (unpaired) electrons. The van der Waals surface area contributed by atoms with Crippen LogP contribution in [0.15, 0.2) is 11.6 Å². The third-order valence-electron chi connectivity index (χ3n) is 5.44. The van der Waals surface area contributed by atoms with Crippen LogP contribution in [0.2, 0.25) is 25.2 Å². The molecular weight excluding hydrogens is 296 g/mol. The van der Waals surface area contributed by atoms with Crippen molar-refractivity contribution in [2.24, 2.45) is 17.8 Å². The van der Waals surface area contributed by atoms with Gasteiger partial charge in [0.25, 0.3) is 0 Å². The zero-order valence-electron chi connectivity index (χ0n) is 13.9. The van der Waals surface area contributed by atoms with Gasteiger partial charge in [-0.1, -0.05) is 31.3 Å². The molecule has 5 atom stereocenters. The van der Waals surface area contributed by atoms with Gasteiger partial charge in [-0.2, -0.15) is 0 Å². The number of carbonyl (C=O) groups excluding carboxylic acids is 2. The lowest BCUT2D eigenvalue weighted by atomic mass is 9.67. The molecule has 0 aromatic carbocycles. The summed E-state index contributed by atoms with van der Waals surface area (Å²) in [6.45, 7) is 8.98. The first-order chi connectivity index (χ1) is 10.3. The molecule has 0 aromatic heterocycles. The molecule has 122 valence electrons. The highest BCUT2D eigenvalue weighted by atomic mass is 28.3. The molecule has 0 unspecified atom stereocenters. The van der Waals surface area contributed by atoms with Crippen LogP contribution in [0.3, 0.4) is 0 Å². The summed E-state index contributed by atoms with van der Waals surface area (Å²) in [5.41, 5.74) is 1.52. The Morgan fingerprint density at radius 2 is 2.09 bits per heavy atom. The lowest BCUT2D eigenvalue weighted by Gasteiger charge is -2.43. The Morgan fingerprint density at radius 3 is 2.73 bits per heavy atom. The first kappa shape index (κ1) is 15.8. The summed E-state index contributed by atoms with van der Waals surface area (Å²) in [5.74, 6) is -0.942. The maximum absolute atomic E-state index is 12.6. The van der Waals surface area contributed by atoms with E-state index in [1.54, 1.807) is 0 Å². The normalized spacial score (nSPS) is 37.2. The minimum absolute atomic E-state index is 0.0167. The van der Waals surface area contributed by atoms with Crippen molar-refractivity contribution in [3.8, 4) is 0 Å². The van der Waals surface area contributed by atoms with Crippen molar-refractivity contribution in [2.75, 3.05) is 6.61 Å².